The van der Waals surface area contributed by atoms with Crippen LogP contribution in [0, 0.1) is 0 Å². The topological polar surface area (TPSA) is 59.3 Å². The molecule has 0 unspecified atom stereocenters. The predicted molar refractivity (Wildman–Crippen MR) is 106 cm³/mol. The van der Waals surface area contributed by atoms with Crippen molar-refractivity contribution < 1.29 is 14.0 Å². The van der Waals surface area contributed by atoms with Gasteiger partial charge in [0.25, 0.3) is 0 Å². The van der Waals surface area contributed by atoms with Crippen LogP contribution >= 0.6 is 15.9 Å². The van der Waals surface area contributed by atoms with Crippen molar-refractivity contribution >= 4 is 44.3 Å². The number of carbonyl (C=O) groups excluding carboxylic acids is 2. The highest BCUT2D eigenvalue weighted by molar-refractivity contribution is 9.10. The van der Waals surface area contributed by atoms with Gasteiger partial charge in [-0.2, -0.15) is 0 Å². The monoisotopic (exact) mass is 411 g/mol. The molecule has 0 aliphatic heterocycles. The molecule has 1 aromatic heterocycles. The summed E-state index contributed by atoms with van der Waals surface area (Å²) in [6.45, 7) is 1.41. The zero-order chi connectivity index (χ0) is 18.5. The molecule has 3 aromatic rings. The highest BCUT2D eigenvalue weighted by Gasteiger charge is 2.19. The maximum absolute atomic E-state index is 12.3. The summed E-state index contributed by atoms with van der Waals surface area (Å²) < 4.78 is 6.43. The molecule has 26 heavy (non-hydrogen) atoms. The molecule has 5 heteroatoms. The van der Waals surface area contributed by atoms with Crippen LogP contribution in [0.15, 0.2) is 69.6 Å². The van der Waals surface area contributed by atoms with E-state index in [4.69, 9.17) is 4.42 Å². The number of Topliss-reactive ketones (excluding diaryl/α,β-unsaturated/α-hetero) is 1. The molecule has 0 radical (unpaired) electrons. The van der Waals surface area contributed by atoms with Gasteiger partial charge in [0.15, 0.2) is 11.5 Å². The van der Waals surface area contributed by atoms with E-state index >= 15 is 0 Å². The van der Waals surface area contributed by atoms with Gasteiger partial charge in [0.05, 0.1) is 5.69 Å². The molecular formula is C21H18BrNO3. The number of nitrogens with one attached hydrogen (secondary N) is 1. The number of allylic oxidation sites excluding steroid dienone is 1. The van der Waals surface area contributed by atoms with Gasteiger partial charge in [0.1, 0.15) is 5.58 Å². The third-order valence-electron chi connectivity index (χ3n) is 3.93. The van der Waals surface area contributed by atoms with Crippen molar-refractivity contribution in [1.29, 1.82) is 0 Å². The predicted octanol–water partition coefficient (Wildman–Crippen LogP) is 5.53. The van der Waals surface area contributed by atoms with Gasteiger partial charge in [0.2, 0.25) is 5.91 Å². The van der Waals surface area contributed by atoms with Crippen molar-refractivity contribution in [2.24, 2.45) is 0 Å². The molecule has 1 N–H and O–H groups in total. The first-order valence-electron chi connectivity index (χ1n) is 8.29. The molecule has 4 nitrogen and oxygen atoms in total. The van der Waals surface area contributed by atoms with Crippen molar-refractivity contribution in [3.63, 3.8) is 0 Å². The highest BCUT2D eigenvalue weighted by Crippen LogP contribution is 2.33. The summed E-state index contributed by atoms with van der Waals surface area (Å²) in [5, 5.41) is 3.47. The zero-order valence-electron chi connectivity index (χ0n) is 14.3. The van der Waals surface area contributed by atoms with Gasteiger partial charge in [-0.3, -0.25) is 9.59 Å². The maximum atomic E-state index is 12.3. The number of benzene rings is 2. The lowest BCUT2D eigenvalue weighted by Gasteiger charge is -2.02. The molecule has 0 aliphatic rings. The first-order valence-corrected chi connectivity index (χ1v) is 9.08. The van der Waals surface area contributed by atoms with E-state index in [-0.39, 0.29) is 17.5 Å². The Labute approximate surface area is 160 Å². The van der Waals surface area contributed by atoms with Crippen LogP contribution in [-0.4, -0.2) is 11.7 Å². The Bertz CT molecular complexity index is 974. The molecule has 0 fully saturated rings. The third-order valence-corrected chi connectivity index (χ3v) is 4.42. The van der Waals surface area contributed by atoms with Crippen LogP contribution in [0.4, 0.5) is 5.69 Å². The molecule has 0 spiro atoms. The van der Waals surface area contributed by atoms with Crippen LogP contribution in [-0.2, 0) is 11.2 Å². The van der Waals surface area contributed by atoms with Crippen LogP contribution in [0.1, 0.15) is 29.5 Å². The average molecular weight is 412 g/mol. The number of carbonyl (C=O) groups is 2. The lowest BCUT2D eigenvalue weighted by Crippen LogP contribution is -2.10. The lowest BCUT2D eigenvalue weighted by molar-refractivity contribution is -0.111. The van der Waals surface area contributed by atoms with E-state index in [2.05, 4.69) is 33.4 Å². The molecule has 0 aliphatic carbocycles. The summed E-state index contributed by atoms with van der Waals surface area (Å²) in [6, 6.07) is 15.5. The van der Waals surface area contributed by atoms with Gasteiger partial charge < -0.3 is 9.73 Å². The van der Waals surface area contributed by atoms with Gasteiger partial charge in [-0.1, -0.05) is 52.3 Å². The molecule has 0 atom stereocenters. The Morgan fingerprint density at radius 2 is 1.92 bits per heavy atom. The summed E-state index contributed by atoms with van der Waals surface area (Å²) in [6.07, 6.45) is 4.94. The summed E-state index contributed by atoms with van der Waals surface area (Å²) in [4.78, 5) is 24.1. The fraction of sp³-hybridized carbons (Fsp3) is 0.143. The third kappa shape index (κ3) is 4.29. The minimum atomic E-state index is -0.289. The fourth-order valence-corrected chi connectivity index (χ4v) is 3.05. The van der Waals surface area contributed by atoms with E-state index in [0.717, 1.165) is 17.3 Å². The summed E-state index contributed by atoms with van der Waals surface area (Å²) in [5.41, 5.74) is 2.19. The van der Waals surface area contributed by atoms with Crippen molar-refractivity contribution in [2.45, 2.75) is 19.8 Å². The van der Waals surface area contributed by atoms with E-state index in [1.807, 2.05) is 36.4 Å². The number of hydrogen-bond donors (Lipinski definition) is 1. The molecule has 2 aromatic carbocycles. The van der Waals surface area contributed by atoms with Crippen molar-refractivity contribution in [2.75, 3.05) is 5.32 Å². The fourth-order valence-electron chi connectivity index (χ4n) is 2.69. The number of furan rings is 1. The Kier molecular flexibility index (Phi) is 5.68. The van der Waals surface area contributed by atoms with Gasteiger partial charge in [-0.05, 0) is 42.7 Å². The highest BCUT2D eigenvalue weighted by atomic mass is 79.9. The average Bonchev–Trinajstić information content (AvgIpc) is 2.98. The maximum Gasteiger partial charge on any atom is 0.248 e. The Morgan fingerprint density at radius 1 is 1.15 bits per heavy atom. The molecule has 3 rings (SSSR count). The number of halogens is 1. The van der Waals surface area contributed by atoms with E-state index in [1.54, 1.807) is 6.07 Å². The molecule has 0 bridgehead atoms. The second-order valence-electron chi connectivity index (χ2n) is 5.92. The number of anilines is 1. The second kappa shape index (κ2) is 8.15. The largest absolute Gasteiger partial charge is 0.451 e. The first kappa shape index (κ1) is 18.1. The van der Waals surface area contributed by atoms with Gasteiger partial charge in [-0.25, -0.2) is 0 Å². The smallest absolute Gasteiger partial charge is 0.248 e. The second-order valence-corrected chi connectivity index (χ2v) is 6.83. The summed E-state index contributed by atoms with van der Waals surface area (Å²) >= 11 is 3.40. The SMILES string of the molecule is CC(=O)c1oc2ccc(Br)cc2c1NC(=O)/C=C/CCc1ccccc1. The Morgan fingerprint density at radius 3 is 2.65 bits per heavy atom. The summed E-state index contributed by atoms with van der Waals surface area (Å²) in [5.74, 6) is -0.368. The number of aryl methyl sites for hydroxylation is 1. The molecule has 0 saturated carbocycles. The number of ketones is 1. The standard InChI is InChI=1S/C21H18BrNO3/c1-14(24)21-20(17-13-16(22)11-12-18(17)26-21)23-19(25)10-6-5-9-15-7-3-2-4-8-15/h2-4,6-8,10-13H,5,9H2,1H3,(H,23,25)/b10-6+. The first-order chi connectivity index (χ1) is 12.5. The minimum absolute atomic E-state index is 0.157. The normalized spacial score (nSPS) is 11.2. The van der Waals surface area contributed by atoms with Crippen molar-refractivity contribution in [1.82, 2.24) is 0 Å². The lowest BCUT2D eigenvalue weighted by atomic mass is 10.1. The number of fused-ring (bicyclic) bond motifs is 1. The zero-order valence-corrected chi connectivity index (χ0v) is 15.9. The Hall–Kier alpha value is -2.66. The molecular weight excluding hydrogens is 394 g/mol. The van der Waals surface area contributed by atoms with Gasteiger partial charge in [0, 0.05) is 16.8 Å². The van der Waals surface area contributed by atoms with Gasteiger partial charge >= 0.3 is 0 Å². The quantitative estimate of drug-likeness (QED) is 0.428. The van der Waals surface area contributed by atoms with Crippen LogP contribution in [0.3, 0.4) is 0 Å². The van der Waals surface area contributed by atoms with E-state index in [9.17, 15) is 9.59 Å². The number of amides is 1. The van der Waals surface area contributed by atoms with Crippen LogP contribution < -0.4 is 5.32 Å². The minimum Gasteiger partial charge on any atom is -0.451 e. The van der Waals surface area contributed by atoms with Crippen molar-refractivity contribution in [3.05, 3.63) is 76.5 Å². The number of hydrogen-bond acceptors (Lipinski definition) is 3. The molecule has 1 amide bonds. The van der Waals surface area contributed by atoms with E-state index < -0.39 is 0 Å². The van der Waals surface area contributed by atoms with Crippen LogP contribution in [0.5, 0.6) is 0 Å². The van der Waals surface area contributed by atoms with Crippen LogP contribution in [0.2, 0.25) is 0 Å². The van der Waals surface area contributed by atoms with E-state index in [0.29, 0.717) is 16.7 Å². The van der Waals surface area contributed by atoms with Crippen molar-refractivity contribution in [3.8, 4) is 0 Å². The molecule has 1 heterocycles. The molecule has 0 saturated heterocycles. The van der Waals surface area contributed by atoms with E-state index in [1.165, 1.54) is 18.6 Å². The van der Waals surface area contributed by atoms with Gasteiger partial charge in [-0.15, -0.1) is 0 Å². The van der Waals surface area contributed by atoms with Crippen LogP contribution in [0.25, 0.3) is 11.0 Å². The summed E-state index contributed by atoms with van der Waals surface area (Å²) in [7, 11) is 0. The Balaban J connectivity index is 1.72. The molecule has 132 valence electrons. The number of rotatable bonds is 6.